The minimum Gasteiger partial charge on any atom is -0.354 e. The molecule has 5 aliphatic rings. The van der Waals surface area contributed by atoms with E-state index in [0.29, 0.717) is 30.7 Å². The fraction of sp³-hybridized carbons (Fsp3) is 0.957. The van der Waals surface area contributed by atoms with Crippen molar-refractivity contribution in [3.63, 3.8) is 0 Å². The average molecular weight is 407 g/mol. The number of ether oxygens (including phenoxy) is 1. The van der Waals surface area contributed by atoms with Crippen LogP contribution in [0.5, 0.6) is 0 Å². The fourth-order valence-corrected chi connectivity index (χ4v) is 6.93. The van der Waals surface area contributed by atoms with Gasteiger partial charge < -0.3 is 15.8 Å². The highest BCUT2D eigenvalue weighted by Gasteiger charge is 2.66. The Labute approximate surface area is 174 Å². The van der Waals surface area contributed by atoms with Crippen molar-refractivity contribution in [1.82, 2.24) is 5.32 Å². The largest absolute Gasteiger partial charge is 0.354 e. The molecule has 0 aromatic carbocycles. The number of fused-ring (bicyclic) bond motifs is 4. The summed E-state index contributed by atoms with van der Waals surface area (Å²) in [6, 6.07) is 0. The maximum atomic E-state index is 12.3. The first-order chi connectivity index (χ1) is 13.8. The van der Waals surface area contributed by atoms with Gasteiger partial charge in [0.2, 0.25) is 17.5 Å². The second-order valence-corrected chi connectivity index (χ2v) is 11.4. The standard InChI is InChI=1S/C23H38N2O4/c1-21(2,24)14-25-20(26)10-15-6-8-22(9-7-15)27-23(29-28-22)18-5-3-4-16-11-19(23)13-17(16)12-18/h15-19H,3-14,24H2,1-2H3,(H,25,26). The molecule has 5 rings (SSSR count). The zero-order chi connectivity index (χ0) is 20.3. The lowest BCUT2D eigenvalue weighted by atomic mass is 9.74. The van der Waals surface area contributed by atoms with Crippen molar-refractivity contribution >= 4 is 5.91 Å². The van der Waals surface area contributed by atoms with Crippen LogP contribution in [0.25, 0.3) is 0 Å². The van der Waals surface area contributed by atoms with Gasteiger partial charge in [-0.1, -0.05) is 12.8 Å². The molecule has 5 atom stereocenters. The van der Waals surface area contributed by atoms with Crippen LogP contribution in [0.2, 0.25) is 0 Å². The SMILES string of the molecule is CC(C)(N)CNC(=O)CC1CCC2(CC1)OOC1(O2)C2CCCC3CC1CC3C2. The van der Waals surface area contributed by atoms with E-state index in [2.05, 4.69) is 5.32 Å². The van der Waals surface area contributed by atoms with E-state index in [9.17, 15) is 4.79 Å². The van der Waals surface area contributed by atoms with Gasteiger partial charge in [-0.25, -0.2) is 0 Å². The third-order valence-electron chi connectivity index (χ3n) is 8.45. The first kappa shape index (κ1) is 20.2. The Bertz CT molecular complexity index is 639. The molecule has 164 valence electrons. The second-order valence-electron chi connectivity index (χ2n) is 11.4. The number of nitrogens with one attached hydrogen (secondary N) is 1. The predicted octanol–water partition coefficient (Wildman–Crippen LogP) is 3.64. The van der Waals surface area contributed by atoms with Gasteiger partial charge in [0, 0.05) is 43.2 Å². The quantitative estimate of drug-likeness (QED) is 0.697. The van der Waals surface area contributed by atoms with E-state index in [1.165, 1.54) is 38.5 Å². The molecular formula is C23H38N2O4. The molecule has 1 heterocycles. The zero-order valence-electron chi connectivity index (χ0n) is 18.1. The molecule has 1 saturated heterocycles. The molecule has 4 saturated carbocycles. The predicted molar refractivity (Wildman–Crippen MR) is 108 cm³/mol. The van der Waals surface area contributed by atoms with E-state index in [1.54, 1.807) is 0 Å². The van der Waals surface area contributed by atoms with Crippen molar-refractivity contribution in [2.45, 2.75) is 102 Å². The normalized spacial score (nSPS) is 46.4. The molecule has 3 bridgehead atoms. The minimum absolute atomic E-state index is 0.1000. The summed E-state index contributed by atoms with van der Waals surface area (Å²) in [5.41, 5.74) is 5.59. The molecule has 0 aromatic rings. The van der Waals surface area contributed by atoms with Gasteiger partial charge in [0.15, 0.2) is 0 Å². The third-order valence-corrected chi connectivity index (χ3v) is 8.45. The molecule has 4 aliphatic carbocycles. The van der Waals surface area contributed by atoms with E-state index in [-0.39, 0.29) is 11.4 Å². The smallest absolute Gasteiger partial charge is 0.220 e. The molecule has 6 nitrogen and oxygen atoms in total. The number of carbonyl (C=O) groups excluding carboxylic acids is 1. The summed E-state index contributed by atoms with van der Waals surface area (Å²) in [5, 5.41) is 2.97. The molecule has 6 heteroatoms. The van der Waals surface area contributed by atoms with Crippen LogP contribution in [0.15, 0.2) is 0 Å². The molecule has 2 spiro atoms. The van der Waals surface area contributed by atoms with Crippen molar-refractivity contribution in [3.05, 3.63) is 0 Å². The van der Waals surface area contributed by atoms with Crippen LogP contribution in [0.3, 0.4) is 0 Å². The van der Waals surface area contributed by atoms with Gasteiger partial charge in [0.1, 0.15) is 0 Å². The van der Waals surface area contributed by atoms with Crippen LogP contribution in [-0.2, 0) is 19.3 Å². The summed E-state index contributed by atoms with van der Waals surface area (Å²) >= 11 is 0. The van der Waals surface area contributed by atoms with Crippen LogP contribution in [-0.4, -0.2) is 29.6 Å². The van der Waals surface area contributed by atoms with Crippen LogP contribution >= 0.6 is 0 Å². The maximum absolute atomic E-state index is 12.3. The van der Waals surface area contributed by atoms with E-state index in [0.717, 1.165) is 37.5 Å². The van der Waals surface area contributed by atoms with Gasteiger partial charge in [-0.05, 0) is 70.1 Å². The van der Waals surface area contributed by atoms with Crippen molar-refractivity contribution in [2.24, 2.45) is 35.3 Å². The lowest BCUT2D eigenvalue weighted by Crippen LogP contribution is -2.50. The Morgan fingerprint density at radius 2 is 1.76 bits per heavy atom. The average Bonchev–Trinajstić information content (AvgIpc) is 3.15. The Hall–Kier alpha value is -0.690. The highest BCUT2D eigenvalue weighted by Crippen LogP contribution is 2.63. The number of hydrogen-bond acceptors (Lipinski definition) is 5. The van der Waals surface area contributed by atoms with Gasteiger partial charge in [0.25, 0.3) is 0 Å². The first-order valence-electron chi connectivity index (χ1n) is 11.9. The lowest BCUT2D eigenvalue weighted by Gasteiger charge is -2.43. The highest BCUT2D eigenvalue weighted by molar-refractivity contribution is 5.76. The van der Waals surface area contributed by atoms with Gasteiger partial charge in [-0.15, -0.1) is 0 Å². The first-order valence-corrected chi connectivity index (χ1v) is 11.9. The van der Waals surface area contributed by atoms with Crippen molar-refractivity contribution in [1.29, 1.82) is 0 Å². The Morgan fingerprint density at radius 1 is 1.03 bits per heavy atom. The number of hydrogen-bond donors (Lipinski definition) is 2. The summed E-state index contributed by atoms with van der Waals surface area (Å²) < 4.78 is 6.82. The number of rotatable bonds is 4. The third kappa shape index (κ3) is 3.75. The Kier molecular flexibility index (Phi) is 5.01. The monoisotopic (exact) mass is 406 g/mol. The maximum Gasteiger partial charge on any atom is 0.220 e. The Balaban J connectivity index is 1.18. The van der Waals surface area contributed by atoms with Gasteiger partial charge in [-0.3, -0.25) is 4.79 Å². The van der Waals surface area contributed by atoms with E-state index >= 15 is 0 Å². The van der Waals surface area contributed by atoms with E-state index in [4.69, 9.17) is 20.2 Å². The van der Waals surface area contributed by atoms with E-state index in [1.807, 2.05) is 13.8 Å². The summed E-state index contributed by atoms with van der Waals surface area (Å²) in [4.78, 5) is 24.5. The number of nitrogens with two attached hydrogens (primary N) is 1. The molecule has 1 aliphatic heterocycles. The second kappa shape index (κ2) is 7.18. The molecule has 1 amide bonds. The van der Waals surface area contributed by atoms with Crippen LogP contribution < -0.4 is 11.1 Å². The van der Waals surface area contributed by atoms with Gasteiger partial charge in [-0.2, -0.15) is 9.78 Å². The molecule has 0 radical (unpaired) electrons. The summed E-state index contributed by atoms with van der Waals surface area (Å²) in [6.07, 6.45) is 11.8. The molecule has 0 aromatic heterocycles. The zero-order valence-corrected chi connectivity index (χ0v) is 18.1. The van der Waals surface area contributed by atoms with Gasteiger partial charge in [0.05, 0.1) is 0 Å². The Morgan fingerprint density at radius 3 is 2.52 bits per heavy atom. The van der Waals surface area contributed by atoms with Crippen molar-refractivity contribution in [2.75, 3.05) is 6.54 Å². The van der Waals surface area contributed by atoms with Crippen LogP contribution in [0, 0.1) is 29.6 Å². The lowest BCUT2D eigenvalue weighted by molar-refractivity contribution is -0.376. The van der Waals surface area contributed by atoms with Crippen molar-refractivity contribution < 1.29 is 19.3 Å². The minimum atomic E-state index is -0.589. The molecule has 5 unspecified atom stereocenters. The van der Waals surface area contributed by atoms with Crippen LogP contribution in [0.4, 0.5) is 0 Å². The molecule has 29 heavy (non-hydrogen) atoms. The molecule has 5 fully saturated rings. The number of amides is 1. The van der Waals surface area contributed by atoms with Crippen molar-refractivity contribution in [3.8, 4) is 0 Å². The topological polar surface area (TPSA) is 82.8 Å². The summed E-state index contributed by atoms with van der Waals surface area (Å²) in [6.45, 7) is 4.36. The molecule has 3 N–H and O–H groups in total. The summed E-state index contributed by atoms with van der Waals surface area (Å²) in [7, 11) is 0. The number of carbonyl (C=O) groups is 1. The highest BCUT2D eigenvalue weighted by atomic mass is 17.3. The summed E-state index contributed by atoms with van der Waals surface area (Å²) in [5.74, 6) is 2.14. The van der Waals surface area contributed by atoms with E-state index < -0.39 is 11.6 Å². The van der Waals surface area contributed by atoms with Crippen LogP contribution in [0.1, 0.15) is 84.5 Å². The van der Waals surface area contributed by atoms with Gasteiger partial charge >= 0.3 is 0 Å². The fourth-order valence-electron chi connectivity index (χ4n) is 6.93. The molecular weight excluding hydrogens is 368 g/mol.